The molecule has 4 nitrogen and oxygen atoms in total. The molecule has 0 bridgehead atoms. The number of aromatic carboxylic acids is 1. The van der Waals surface area contributed by atoms with Crippen LogP contribution < -0.4 is 0 Å². The molecule has 0 atom stereocenters. The fourth-order valence-electron chi connectivity index (χ4n) is 0.945. The Morgan fingerprint density at radius 3 is 2.77 bits per heavy atom. The van der Waals surface area contributed by atoms with Crippen molar-refractivity contribution in [1.82, 2.24) is 0 Å². The molecular weight excluding hydrogens is 192 g/mol. The van der Waals surface area contributed by atoms with Crippen LogP contribution in [-0.4, -0.2) is 29.5 Å². The van der Waals surface area contributed by atoms with Gasteiger partial charge in [-0.1, -0.05) is 11.8 Å². The first-order chi connectivity index (χ1) is 6.25. The van der Waals surface area contributed by atoms with Gasteiger partial charge in [0.2, 0.25) is 5.76 Å². The normalized spacial score (nSPS) is 16.9. The van der Waals surface area contributed by atoms with Gasteiger partial charge in [0.1, 0.15) is 0 Å². The summed E-state index contributed by atoms with van der Waals surface area (Å²) < 4.78 is 10.0. The van der Waals surface area contributed by atoms with Crippen molar-refractivity contribution in [2.75, 3.05) is 13.2 Å². The van der Waals surface area contributed by atoms with Gasteiger partial charge in [-0.25, -0.2) is 4.79 Å². The Balaban J connectivity index is 2.00. The molecule has 0 aliphatic carbocycles. The molecule has 1 aromatic heterocycles. The van der Waals surface area contributed by atoms with E-state index < -0.39 is 5.97 Å². The lowest BCUT2D eigenvalue weighted by atomic mass is 10.4. The highest BCUT2D eigenvalue weighted by Gasteiger charge is 2.21. The summed E-state index contributed by atoms with van der Waals surface area (Å²) >= 11 is 1.51. The molecule has 13 heavy (non-hydrogen) atoms. The molecule has 1 saturated heterocycles. The number of rotatable bonds is 3. The Kier molecular flexibility index (Phi) is 2.28. The first-order valence-corrected chi connectivity index (χ1v) is 4.71. The van der Waals surface area contributed by atoms with E-state index in [1.807, 2.05) is 0 Å². The third-order valence-corrected chi connectivity index (χ3v) is 2.74. The van der Waals surface area contributed by atoms with E-state index in [0.717, 1.165) is 0 Å². The van der Waals surface area contributed by atoms with Crippen LogP contribution in [0.2, 0.25) is 0 Å². The van der Waals surface area contributed by atoms with Gasteiger partial charge in [0.05, 0.1) is 18.5 Å². The molecular formula is C8H8O4S. The van der Waals surface area contributed by atoms with E-state index >= 15 is 0 Å². The third-order valence-electron chi connectivity index (χ3n) is 1.68. The van der Waals surface area contributed by atoms with Crippen LogP contribution in [0, 0.1) is 0 Å². The highest BCUT2D eigenvalue weighted by atomic mass is 32.2. The minimum Gasteiger partial charge on any atom is -0.475 e. The van der Waals surface area contributed by atoms with E-state index in [0.29, 0.717) is 23.6 Å². The van der Waals surface area contributed by atoms with Crippen molar-refractivity contribution < 1.29 is 19.1 Å². The number of carboxylic acid groups (broad SMARTS) is 1. The standard InChI is InChI=1S/C8H8O4S/c9-8(10)6-1-2-7(12-6)13-5-3-11-4-5/h1-2,5H,3-4H2,(H,9,10). The number of carboxylic acids is 1. The van der Waals surface area contributed by atoms with Crippen molar-refractivity contribution in [3.05, 3.63) is 17.9 Å². The van der Waals surface area contributed by atoms with Crippen LogP contribution in [0.1, 0.15) is 10.6 Å². The van der Waals surface area contributed by atoms with Crippen molar-refractivity contribution in [3.8, 4) is 0 Å². The fraction of sp³-hybridized carbons (Fsp3) is 0.375. The SMILES string of the molecule is O=C(O)c1ccc(SC2COC2)o1. The number of thioether (sulfide) groups is 1. The zero-order chi connectivity index (χ0) is 9.26. The minimum absolute atomic E-state index is 0.0114. The summed E-state index contributed by atoms with van der Waals surface area (Å²) in [6.45, 7) is 1.43. The molecule has 1 aromatic rings. The van der Waals surface area contributed by atoms with E-state index in [1.165, 1.54) is 17.8 Å². The summed E-state index contributed by atoms with van der Waals surface area (Å²) in [6, 6.07) is 3.14. The molecule has 1 aliphatic rings. The smallest absolute Gasteiger partial charge is 0.371 e. The summed E-state index contributed by atoms with van der Waals surface area (Å²) in [5.74, 6) is -1.04. The molecule has 1 fully saturated rings. The zero-order valence-corrected chi connectivity index (χ0v) is 7.54. The van der Waals surface area contributed by atoms with E-state index in [2.05, 4.69) is 0 Å². The van der Waals surface area contributed by atoms with Gasteiger partial charge in [0.15, 0.2) is 5.09 Å². The molecule has 0 unspecified atom stereocenters. The Hall–Kier alpha value is -0.940. The summed E-state index contributed by atoms with van der Waals surface area (Å²) in [5.41, 5.74) is 0. The quantitative estimate of drug-likeness (QED) is 0.800. The Bertz CT molecular complexity index is 316. The maximum atomic E-state index is 10.5. The average Bonchev–Trinajstić information content (AvgIpc) is 2.44. The summed E-state index contributed by atoms with van der Waals surface area (Å²) in [5, 5.41) is 9.63. The molecule has 1 N–H and O–H groups in total. The van der Waals surface area contributed by atoms with Crippen LogP contribution in [0.3, 0.4) is 0 Å². The van der Waals surface area contributed by atoms with Crippen molar-refractivity contribution in [1.29, 1.82) is 0 Å². The Morgan fingerprint density at radius 1 is 1.54 bits per heavy atom. The highest BCUT2D eigenvalue weighted by molar-refractivity contribution is 7.99. The Morgan fingerprint density at radius 2 is 2.31 bits per heavy atom. The predicted octanol–water partition coefficient (Wildman–Crippen LogP) is 1.47. The molecule has 0 radical (unpaired) electrons. The largest absolute Gasteiger partial charge is 0.475 e. The first-order valence-electron chi connectivity index (χ1n) is 3.83. The lowest BCUT2D eigenvalue weighted by Gasteiger charge is -2.23. The van der Waals surface area contributed by atoms with Gasteiger partial charge in [-0.2, -0.15) is 0 Å². The van der Waals surface area contributed by atoms with Crippen molar-refractivity contribution in [2.45, 2.75) is 10.3 Å². The topological polar surface area (TPSA) is 59.7 Å². The van der Waals surface area contributed by atoms with Crippen LogP contribution in [0.5, 0.6) is 0 Å². The highest BCUT2D eigenvalue weighted by Crippen LogP contribution is 2.29. The van der Waals surface area contributed by atoms with Crippen LogP contribution in [-0.2, 0) is 4.74 Å². The number of furan rings is 1. The molecule has 0 saturated carbocycles. The second kappa shape index (κ2) is 3.43. The lowest BCUT2D eigenvalue weighted by Crippen LogP contribution is -2.29. The minimum atomic E-state index is -1.03. The molecule has 0 spiro atoms. The fourth-order valence-corrected chi connectivity index (χ4v) is 1.89. The van der Waals surface area contributed by atoms with E-state index in [9.17, 15) is 4.79 Å². The van der Waals surface area contributed by atoms with Crippen LogP contribution >= 0.6 is 11.8 Å². The molecule has 5 heteroatoms. The Labute approximate surface area is 78.9 Å². The van der Waals surface area contributed by atoms with Gasteiger partial charge < -0.3 is 14.3 Å². The third kappa shape index (κ3) is 1.87. The number of carbonyl (C=O) groups is 1. The molecule has 2 heterocycles. The average molecular weight is 200 g/mol. The maximum Gasteiger partial charge on any atom is 0.371 e. The van der Waals surface area contributed by atoms with Gasteiger partial charge in [0, 0.05) is 0 Å². The van der Waals surface area contributed by atoms with Crippen LogP contribution in [0.4, 0.5) is 0 Å². The first kappa shape index (κ1) is 8.65. The van der Waals surface area contributed by atoms with E-state index in [1.54, 1.807) is 6.07 Å². The molecule has 2 rings (SSSR count). The van der Waals surface area contributed by atoms with Gasteiger partial charge >= 0.3 is 5.97 Å². The van der Waals surface area contributed by atoms with Crippen LogP contribution in [0.15, 0.2) is 21.6 Å². The van der Waals surface area contributed by atoms with Crippen LogP contribution in [0.25, 0.3) is 0 Å². The molecule has 0 aromatic carbocycles. The molecule has 1 aliphatic heterocycles. The summed E-state index contributed by atoms with van der Waals surface area (Å²) in [6.07, 6.45) is 0. The predicted molar refractivity (Wildman–Crippen MR) is 46.1 cm³/mol. The summed E-state index contributed by atoms with van der Waals surface area (Å²) in [7, 11) is 0. The van der Waals surface area contributed by atoms with Gasteiger partial charge in [-0.3, -0.25) is 0 Å². The lowest BCUT2D eigenvalue weighted by molar-refractivity contribution is 0.0451. The van der Waals surface area contributed by atoms with Crippen molar-refractivity contribution in [3.63, 3.8) is 0 Å². The zero-order valence-electron chi connectivity index (χ0n) is 6.73. The van der Waals surface area contributed by atoms with Gasteiger partial charge in [0.25, 0.3) is 0 Å². The second-order valence-electron chi connectivity index (χ2n) is 2.70. The summed E-state index contributed by atoms with van der Waals surface area (Å²) in [4.78, 5) is 10.5. The molecule has 70 valence electrons. The number of hydrogen-bond donors (Lipinski definition) is 1. The van der Waals surface area contributed by atoms with Crippen molar-refractivity contribution >= 4 is 17.7 Å². The van der Waals surface area contributed by atoms with Gasteiger partial charge in [-0.15, -0.1) is 0 Å². The second-order valence-corrected chi connectivity index (χ2v) is 4.01. The number of ether oxygens (including phenoxy) is 1. The van der Waals surface area contributed by atoms with E-state index in [-0.39, 0.29) is 5.76 Å². The molecule has 0 amide bonds. The maximum absolute atomic E-state index is 10.5. The monoisotopic (exact) mass is 200 g/mol. The van der Waals surface area contributed by atoms with Gasteiger partial charge in [-0.05, 0) is 12.1 Å². The number of hydrogen-bond acceptors (Lipinski definition) is 4. The van der Waals surface area contributed by atoms with Crippen molar-refractivity contribution in [2.24, 2.45) is 0 Å². The van der Waals surface area contributed by atoms with E-state index in [4.69, 9.17) is 14.3 Å².